The fraction of sp³-hybridized carbons (Fsp3) is 0. The topological polar surface area (TPSA) is 54.4 Å². The second-order valence-electron chi connectivity index (χ2n) is 13.9. The molecule has 56 heavy (non-hydrogen) atoms. The van der Waals surface area contributed by atoms with Gasteiger partial charge in [-0.3, -0.25) is 0 Å². The second-order valence-corrected chi connectivity index (χ2v) is 13.9. The number of fused-ring (bicyclic) bond motifs is 10. The van der Waals surface area contributed by atoms with Crippen molar-refractivity contribution in [2.45, 2.75) is 0 Å². The van der Waals surface area contributed by atoms with E-state index >= 15 is 0 Å². The Balaban J connectivity index is 1.30. The van der Waals surface area contributed by atoms with Crippen molar-refractivity contribution in [1.82, 2.24) is 9.13 Å². The molecule has 11 rings (SSSR count). The Morgan fingerprint density at radius 3 is 1.77 bits per heavy atom. The average molecular weight is 716 g/mol. The largest absolute Gasteiger partial charge is 0.455 e. The number of benzene rings is 8. The van der Waals surface area contributed by atoms with Gasteiger partial charge >= 0.3 is 0 Å². The average Bonchev–Trinajstić information content (AvgIpc) is 3.91. The van der Waals surface area contributed by atoms with Crippen LogP contribution in [0.2, 0.25) is 0 Å². The SMILES string of the molecule is [C-]#[N+]c1cc(C#N)c(-n2c3ccccc3c3ccccc32)c(-n2c3ccc(N(c4ccccc4)c4ccccc4)cc3c3c4oc5ccccc5c4ccc32)c1. The summed E-state index contributed by atoms with van der Waals surface area (Å²) in [6.07, 6.45) is 0. The number of aromatic nitrogens is 2. The zero-order valence-corrected chi connectivity index (χ0v) is 29.9. The summed E-state index contributed by atoms with van der Waals surface area (Å²) in [5.74, 6) is 0. The molecule has 0 fully saturated rings. The summed E-state index contributed by atoms with van der Waals surface area (Å²) in [7, 11) is 0. The Morgan fingerprint density at radius 2 is 1.11 bits per heavy atom. The van der Waals surface area contributed by atoms with Crippen molar-refractivity contribution in [3.8, 4) is 17.4 Å². The maximum atomic E-state index is 10.9. The van der Waals surface area contributed by atoms with Crippen LogP contribution in [0.1, 0.15) is 5.56 Å². The molecule has 0 saturated heterocycles. The molecule has 0 N–H and O–H groups in total. The van der Waals surface area contributed by atoms with Gasteiger partial charge in [0.25, 0.3) is 0 Å². The zero-order valence-electron chi connectivity index (χ0n) is 29.9. The Hall–Kier alpha value is -8.06. The molecule has 8 aromatic carbocycles. The summed E-state index contributed by atoms with van der Waals surface area (Å²) >= 11 is 0. The van der Waals surface area contributed by atoms with Crippen molar-refractivity contribution < 1.29 is 4.42 Å². The molecule has 0 spiro atoms. The van der Waals surface area contributed by atoms with Crippen LogP contribution in [0.4, 0.5) is 22.7 Å². The minimum absolute atomic E-state index is 0.386. The van der Waals surface area contributed by atoms with Gasteiger partial charge in [-0.25, -0.2) is 4.85 Å². The first-order chi connectivity index (χ1) is 27.7. The highest BCUT2D eigenvalue weighted by Gasteiger charge is 2.25. The standard InChI is InChI=1S/C50H29N5O/c1-52-33-28-32(31-51)49(55-42-21-11-8-18-37(42)38-19-9-12-22-43(38)55)46(29-33)54-44-26-24-36(53(34-14-4-2-5-15-34)35-16-6-3-7-17-35)30-41(44)48-45(54)27-25-40-39-20-10-13-23-47(39)56-50(40)48/h2-30H. The Labute approximate surface area is 321 Å². The van der Waals surface area contributed by atoms with Gasteiger partial charge in [-0.2, -0.15) is 5.26 Å². The van der Waals surface area contributed by atoms with Crippen LogP contribution in [0.25, 0.3) is 81.8 Å². The lowest BCUT2D eigenvalue weighted by Crippen LogP contribution is -2.09. The fourth-order valence-corrected chi connectivity index (χ4v) is 8.60. The maximum Gasteiger partial charge on any atom is 0.190 e. The summed E-state index contributed by atoms with van der Waals surface area (Å²) in [6, 6.07) is 62.5. The molecule has 3 aromatic heterocycles. The number of nitrogens with zero attached hydrogens (tertiary/aromatic N) is 5. The lowest BCUT2D eigenvalue weighted by atomic mass is 10.1. The summed E-state index contributed by atoms with van der Waals surface area (Å²) < 4.78 is 11.2. The Bertz CT molecular complexity index is 3360. The van der Waals surface area contributed by atoms with Crippen LogP contribution in [0, 0.1) is 17.9 Å². The molecule has 0 aliphatic heterocycles. The predicted molar refractivity (Wildman–Crippen MR) is 228 cm³/mol. The molecular formula is C50H29N5O. The summed E-state index contributed by atoms with van der Waals surface area (Å²) in [5.41, 5.74) is 10.7. The van der Waals surface area contributed by atoms with E-state index < -0.39 is 0 Å². The van der Waals surface area contributed by atoms with E-state index in [4.69, 9.17) is 11.0 Å². The van der Waals surface area contributed by atoms with E-state index in [1.54, 1.807) is 6.07 Å². The first-order valence-electron chi connectivity index (χ1n) is 18.4. The summed E-state index contributed by atoms with van der Waals surface area (Å²) in [6.45, 7) is 8.16. The molecular weight excluding hydrogens is 687 g/mol. The molecule has 6 heteroatoms. The number of para-hydroxylation sites is 5. The van der Waals surface area contributed by atoms with E-state index in [9.17, 15) is 5.26 Å². The minimum atomic E-state index is 0.386. The van der Waals surface area contributed by atoms with Gasteiger partial charge in [-0.05, 0) is 84.9 Å². The van der Waals surface area contributed by atoms with Crippen molar-refractivity contribution >= 4 is 88.3 Å². The normalized spacial score (nSPS) is 11.5. The quantitative estimate of drug-likeness (QED) is 0.167. The number of hydrogen-bond donors (Lipinski definition) is 0. The van der Waals surface area contributed by atoms with Gasteiger partial charge in [0.1, 0.15) is 17.2 Å². The first-order valence-corrected chi connectivity index (χ1v) is 18.4. The van der Waals surface area contributed by atoms with Crippen LogP contribution in [0.5, 0.6) is 0 Å². The summed E-state index contributed by atoms with van der Waals surface area (Å²) in [5, 5.41) is 17.1. The van der Waals surface area contributed by atoms with Gasteiger partial charge in [0.15, 0.2) is 5.69 Å². The Kier molecular flexibility index (Phi) is 6.88. The molecule has 0 radical (unpaired) electrons. The van der Waals surface area contributed by atoms with Crippen LogP contribution in [0.15, 0.2) is 180 Å². The number of nitriles is 1. The third kappa shape index (κ3) is 4.54. The van der Waals surface area contributed by atoms with E-state index in [1.165, 1.54) is 0 Å². The van der Waals surface area contributed by atoms with E-state index in [2.05, 4.69) is 134 Å². The lowest BCUT2D eigenvalue weighted by molar-refractivity contribution is 0.673. The number of furan rings is 1. The highest BCUT2D eigenvalue weighted by atomic mass is 16.3. The number of anilines is 3. The lowest BCUT2D eigenvalue weighted by Gasteiger charge is -2.25. The van der Waals surface area contributed by atoms with E-state index in [0.717, 1.165) is 88.3 Å². The van der Waals surface area contributed by atoms with Crippen LogP contribution in [0.3, 0.4) is 0 Å². The fourth-order valence-electron chi connectivity index (χ4n) is 8.60. The van der Waals surface area contributed by atoms with Gasteiger partial charge < -0.3 is 18.5 Å². The zero-order chi connectivity index (χ0) is 37.3. The summed E-state index contributed by atoms with van der Waals surface area (Å²) in [4.78, 5) is 6.15. The molecule has 0 unspecified atom stereocenters. The Morgan fingerprint density at radius 1 is 0.518 bits per heavy atom. The molecule has 0 bridgehead atoms. The predicted octanol–water partition coefficient (Wildman–Crippen LogP) is 13.7. The van der Waals surface area contributed by atoms with E-state index in [1.807, 2.05) is 60.7 Å². The molecule has 0 aliphatic carbocycles. The van der Waals surface area contributed by atoms with Gasteiger partial charge in [0.05, 0.1) is 51.0 Å². The van der Waals surface area contributed by atoms with Gasteiger partial charge in [-0.1, -0.05) is 91.0 Å². The highest BCUT2D eigenvalue weighted by molar-refractivity contribution is 6.24. The molecule has 6 nitrogen and oxygen atoms in total. The van der Waals surface area contributed by atoms with Crippen LogP contribution in [-0.4, -0.2) is 9.13 Å². The van der Waals surface area contributed by atoms with E-state index in [-0.39, 0.29) is 0 Å². The molecule has 0 atom stereocenters. The number of rotatable bonds is 5. The first kappa shape index (κ1) is 31.5. The van der Waals surface area contributed by atoms with Gasteiger partial charge in [-0.15, -0.1) is 0 Å². The smallest absolute Gasteiger partial charge is 0.190 e. The van der Waals surface area contributed by atoms with Crippen LogP contribution in [-0.2, 0) is 0 Å². The molecule has 0 aliphatic rings. The van der Waals surface area contributed by atoms with Crippen molar-refractivity contribution in [3.63, 3.8) is 0 Å². The second kappa shape index (κ2) is 12.2. The maximum absolute atomic E-state index is 10.9. The molecule has 11 aromatic rings. The third-order valence-electron chi connectivity index (χ3n) is 10.9. The molecule has 0 amide bonds. The number of hydrogen-bond acceptors (Lipinski definition) is 3. The minimum Gasteiger partial charge on any atom is -0.455 e. The van der Waals surface area contributed by atoms with E-state index in [0.29, 0.717) is 16.9 Å². The highest BCUT2D eigenvalue weighted by Crippen LogP contribution is 2.46. The monoisotopic (exact) mass is 715 g/mol. The van der Waals surface area contributed by atoms with Crippen molar-refractivity contribution in [2.75, 3.05) is 4.90 Å². The molecule has 3 heterocycles. The third-order valence-corrected chi connectivity index (χ3v) is 10.9. The molecule has 0 saturated carbocycles. The van der Waals surface area contributed by atoms with Crippen LogP contribution >= 0.6 is 0 Å². The van der Waals surface area contributed by atoms with Crippen molar-refractivity contribution in [3.05, 3.63) is 193 Å². The van der Waals surface area contributed by atoms with Gasteiger partial charge in [0.2, 0.25) is 0 Å². The molecule has 260 valence electrons. The van der Waals surface area contributed by atoms with Gasteiger partial charge in [0, 0.05) is 44.0 Å². The van der Waals surface area contributed by atoms with Crippen LogP contribution < -0.4 is 4.90 Å². The van der Waals surface area contributed by atoms with Crippen molar-refractivity contribution in [2.24, 2.45) is 0 Å². The van der Waals surface area contributed by atoms with Crippen molar-refractivity contribution in [1.29, 1.82) is 5.26 Å².